The maximum Gasteiger partial charge on any atom is 0.257 e. The molecule has 1 amide bonds. The molecule has 0 N–H and O–H groups in total. The first kappa shape index (κ1) is 15.7. The van der Waals surface area contributed by atoms with E-state index in [9.17, 15) is 4.79 Å². The Morgan fingerprint density at radius 3 is 3.00 bits per heavy atom. The monoisotopic (exact) mass is 317 g/mol. The zero-order valence-corrected chi connectivity index (χ0v) is 13.9. The van der Waals surface area contributed by atoms with Crippen LogP contribution in [0.2, 0.25) is 0 Å². The van der Waals surface area contributed by atoms with E-state index in [1.165, 1.54) is 0 Å². The second-order valence-corrected chi connectivity index (χ2v) is 6.64. The first-order valence-electron chi connectivity index (χ1n) is 8.13. The van der Waals surface area contributed by atoms with E-state index in [4.69, 9.17) is 4.52 Å². The van der Waals surface area contributed by atoms with Crippen LogP contribution in [0, 0.1) is 5.92 Å². The van der Waals surface area contributed by atoms with Crippen molar-refractivity contribution in [3.05, 3.63) is 29.7 Å². The molecule has 2 aromatic rings. The second-order valence-electron chi connectivity index (χ2n) is 6.64. The average molecular weight is 317 g/mol. The number of carbonyl (C=O) groups excluding carboxylic acids is 1. The molecule has 0 radical (unpaired) electrons. The summed E-state index contributed by atoms with van der Waals surface area (Å²) in [6.45, 7) is 5.64. The van der Waals surface area contributed by atoms with Crippen LogP contribution >= 0.6 is 0 Å². The number of carbonyl (C=O) groups is 1. The fraction of sp³-hybridized carbons (Fsp3) is 0.625. The molecule has 1 aliphatic heterocycles. The van der Waals surface area contributed by atoms with Crippen molar-refractivity contribution in [3.8, 4) is 0 Å². The topological polar surface area (TPSA) is 77.0 Å². The lowest BCUT2D eigenvalue weighted by atomic mass is 9.97. The minimum absolute atomic E-state index is 0.0183. The van der Waals surface area contributed by atoms with Crippen LogP contribution in [0.25, 0.3) is 0 Å². The Kier molecular flexibility index (Phi) is 4.45. The van der Waals surface area contributed by atoms with Crippen LogP contribution in [-0.4, -0.2) is 43.8 Å². The van der Waals surface area contributed by atoms with Gasteiger partial charge in [0.1, 0.15) is 0 Å². The highest BCUT2D eigenvalue weighted by Gasteiger charge is 2.29. The van der Waals surface area contributed by atoms with Gasteiger partial charge in [0.2, 0.25) is 5.89 Å². The molecule has 1 saturated heterocycles. The number of aromatic nitrogens is 4. The number of hydrogen-bond donors (Lipinski definition) is 0. The predicted octanol–water partition coefficient (Wildman–Crippen LogP) is 2.02. The van der Waals surface area contributed by atoms with E-state index in [0.29, 0.717) is 23.9 Å². The van der Waals surface area contributed by atoms with E-state index in [2.05, 4.69) is 29.1 Å². The number of hydrogen-bond acceptors (Lipinski definition) is 5. The van der Waals surface area contributed by atoms with E-state index < -0.39 is 0 Å². The summed E-state index contributed by atoms with van der Waals surface area (Å²) in [5.74, 6) is 2.05. The first-order chi connectivity index (χ1) is 11.0. The highest BCUT2D eigenvalue weighted by atomic mass is 16.5. The molecule has 3 rings (SSSR count). The number of likely N-dealkylation sites (tertiary alicyclic amines) is 1. The van der Waals surface area contributed by atoms with Gasteiger partial charge in [-0.1, -0.05) is 19.0 Å². The van der Waals surface area contributed by atoms with E-state index in [-0.39, 0.29) is 11.8 Å². The molecule has 1 aliphatic rings. The van der Waals surface area contributed by atoms with Gasteiger partial charge in [-0.15, -0.1) is 0 Å². The van der Waals surface area contributed by atoms with Crippen LogP contribution in [0.1, 0.15) is 54.7 Å². The molecule has 1 fully saturated rings. The Labute approximate surface area is 135 Å². The average Bonchev–Trinajstić information content (AvgIpc) is 3.15. The number of nitrogens with zero attached hydrogens (tertiary/aromatic N) is 5. The minimum atomic E-state index is 0.0183. The standard InChI is InChI=1S/C16H23N5O2/c1-11(2)7-14-18-15(23-19-14)12-5-4-6-21(10-12)16(22)13-8-17-20(3)9-13/h8-9,11-12H,4-7,10H2,1-3H3/t12-/m0/s1. The zero-order valence-electron chi connectivity index (χ0n) is 13.9. The van der Waals surface area contributed by atoms with Crippen LogP contribution in [-0.2, 0) is 13.5 Å². The smallest absolute Gasteiger partial charge is 0.257 e. The van der Waals surface area contributed by atoms with Crippen LogP contribution in [0.5, 0.6) is 0 Å². The largest absolute Gasteiger partial charge is 0.339 e. The highest BCUT2D eigenvalue weighted by Crippen LogP contribution is 2.27. The normalized spacial score (nSPS) is 18.6. The van der Waals surface area contributed by atoms with Crippen molar-refractivity contribution in [1.29, 1.82) is 0 Å². The number of aryl methyl sites for hydroxylation is 1. The van der Waals surface area contributed by atoms with Gasteiger partial charge in [0.25, 0.3) is 5.91 Å². The van der Waals surface area contributed by atoms with Gasteiger partial charge < -0.3 is 9.42 Å². The maximum atomic E-state index is 12.5. The lowest BCUT2D eigenvalue weighted by molar-refractivity contribution is 0.0695. The molecule has 3 heterocycles. The van der Waals surface area contributed by atoms with Gasteiger partial charge in [-0.3, -0.25) is 9.48 Å². The molecule has 2 aromatic heterocycles. The molecular formula is C16H23N5O2. The summed E-state index contributed by atoms with van der Waals surface area (Å²) in [7, 11) is 1.81. The molecule has 0 saturated carbocycles. The van der Waals surface area contributed by atoms with Crippen molar-refractivity contribution in [2.24, 2.45) is 13.0 Å². The third kappa shape index (κ3) is 3.60. The Morgan fingerprint density at radius 2 is 2.30 bits per heavy atom. The molecule has 7 nitrogen and oxygen atoms in total. The zero-order chi connectivity index (χ0) is 16.4. The summed E-state index contributed by atoms with van der Waals surface area (Å²) in [6.07, 6.45) is 6.09. The Bertz CT molecular complexity index is 676. The van der Waals surface area contributed by atoms with E-state index in [1.54, 1.807) is 17.1 Å². The van der Waals surface area contributed by atoms with Crippen LogP contribution in [0.15, 0.2) is 16.9 Å². The van der Waals surface area contributed by atoms with Gasteiger partial charge in [-0.25, -0.2) is 0 Å². The molecule has 0 spiro atoms. The lowest BCUT2D eigenvalue weighted by Gasteiger charge is -2.30. The molecule has 124 valence electrons. The molecule has 0 bridgehead atoms. The summed E-state index contributed by atoms with van der Waals surface area (Å²) in [6, 6.07) is 0. The van der Waals surface area contributed by atoms with Gasteiger partial charge in [-0.05, 0) is 18.8 Å². The van der Waals surface area contributed by atoms with Crippen molar-refractivity contribution < 1.29 is 9.32 Å². The minimum Gasteiger partial charge on any atom is -0.339 e. The molecule has 7 heteroatoms. The van der Waals surface area contributed by atoms with Gasteiger partial charge in [-0.2, -0.15) is 10.1 Å². The Balaban J connectivity index is 1.68. The maximum absolute atomic E-state index is 12.5. The molecule has 0 aromatic carbocycles. The molecule has 23 heavy (non-hydrogen) atoms. The summed E-state index contributed by atoms with van der Waals surface area (Å²) in [5.41, 5.74) is 0.624. The van der Waals surface area contributed by atoms with Crippen LogP contribution in [0.4, 0.5) is 0 Å². The van der Waals surface area contributed by atoms with E-state index in [0.717, 1.165) is 31.6 Å². The SMILES string of the molecule is CC(C)Cc1noc([C@H]2CCCN(C(=O)c3cnn(C)c3)C2)n1. The number of piperidine rings is 1. The third-order valence-electron chi connectivity index (χ3n) is 4.08. The molecule has 0 unspecified atom stereocenters. The summed E-state index contributed by atoms with van der Waals surface area (Å²) < 4.78 is 7.07. The third-order valence-corrected chi connectivity index (χ3v) is 4.08. The quantitative estimate of drug-likeness (QED) is 0.862. The van der Waals surface area contributed by atoms with Crippen molar-refractivity contribution in [1.82, 2.24) is 24.8 Å². The summed E-state index contributed by atoms with van der Waals surface area (Å²) in [5, 5.41) is 8.13. The lowest BCUT2D eigenvalue weighted by Crippen LogP contribution is -2.39. The van der Waals surface area contributed by atoms with Gasteiger partial charge in [0, 0.05) is 32.8 Å². The van der Waals surface area contributed by atoms with E-state index in [1.807, 2.05) is 11.9 Å². The number of amides is 1. The summed E-state index contributed by atoms with van der Waals surface area (Å²) in [4.78, 5) is 18.9. The molecular weight excluding hydrogens is 294 g/mol. The van der Waals surface area contributed by atoms with Crippen molar-refractivity contribution in [2.75, 3.05) is 13.1 Å². The molecule has 1 atom stereocenters. The number of rotatable bonds is 4. The fourth-order valence-corrected chi connectivity index (χ4v) is 2.96. The Morgan fingerprint density at radius 1 is 1.48 bits per heavy atom. The predicted molar refractivity (Wildman–Crippen MR) is 83.9 cm³/mol. The molecule has 0 aliphatic carbocycles. The van der Waals surface area contributed by atoms with E-state index >= 15 is 0 Å². The van der Waals surface area contributed by atoms with Gasteiger partial charge in [0.05, 0.1) is 17.7 Å². The second kappa shape index (κ2) is 6.52. The van der Waals surface area contributed by atoms with Crippen LogP contribution in [0.3, 0.4) is 0 Å². The van der Waals surface area contributed by atoms with Crippen molar-refractivity contribution in [2.45, 2.75) is 39.0 Å². The van der Waals surface area contributed by atoms with Gasteiger partial charge in [0.15, 0.2) is 5.82 Å². The van der Waals surface area contributed by atoms with Crippen molar-refractivity contribution >= 4 is 5.91 Å². The van der Waals surface area contributed by atoms with Gasteiger partial charge >= 0.3 is 0 Å². The Hall–Kier alpha value is -2.18. The first-order valence-corrected chi connectivity index (χ1v) is 8.13. The van der Waals surface area contributed by atoms with Crippen molar-refractivity contribution in [3.63, 3.8) is 0 Å². The fourth-order valence-electron chi connectivity index (χ4n) is 2.96. The summed E-state index contributed by atoms with van der Waals surface area (Å²) >= 11 is 0. The highest BCUT2D eigenvalue weighted by molar-refractivity contribution is 5.93. The van der Waals surface area contributed by atoms with Crippen LogP contribution < -0.4 is 0 Å².